The number of esters is 1. The second-order valence-electron chi connectivity index (χ2n) is 17.1. The quantitative estimate of drug-likeness (QED) is 0.263. The van der Waals surface area contributed by atoms with E-state index in [1.807, 2.05) is 24.3 Å². The van der Waals surface area contributed by atoms with Gasteiger partial charge in [0.1, 0.15) is 6.10 Å². The van der Waals surface area contributed by atoms with E-state index in [4.69, 9.17) is 16.3 Å². The van der Waals surface area contributed by atoms with Crippen molar-refractivity contribution in [2.24, 2.45) is 56.7 Å². The van der Waals surface area contributed by atoms with Crippen molar-refractivity contribution in [3.63, 3.8) is 0 Å². The highest BCUT2D eigenvalue weighted by atomic mass is 35.5. The lowest BCUT2D eigenvalue weighted by Crippen LogP contribution is -2.67. The molecule has 0 bridgehead atoms. The van der Waals surface area contributed by atoms with Crippen LogP contribution in [-0.2, 0) is 20.9 Å². The Morgan fingerprint density at radius 3 is 2.23 bits per heavy atom. The van der Waals surface area contributed by atoms with Crippen LogP contribution in [0.2, 0.25) is 5.02 Å². The molecule has 4 nitrogen and oxygen atoms in total. The molecule has 0 radical (unpaired) electrons. The summed E-state index contributed by atoms with van der Waals surface area (Å²) in [6, 6.07) is 7.84. The zero-order chi connectivity index (χ0) is 31.9. The first-order valence-corrected chi connectivity index (χ1v) is 17.8. The maximum atomic E-state index is 14.4. The zero-order valence-electron chi connectivity index (χ0n) is 28.4. The molecular formula is C39H56ClNO3. The monoisotopic (exact) mass is 621 g/mol. The molecule has 1 amide bonds. The van der Waals surface area contributed by atoms with Crippen LogP contribution in [0.25, 0.3) is 0 Å². The largest absolute Gasteiger partial charge is 0.462 e. The van der Waals surface area contributed by atoms with E-state index in [0.29, 0.717) is 36.1 Å². The number of allylic oxidation sites excluding steroid dienone is 1. The van der Waals surface area contributed by atoms with Gasteiger partial charge in [-0.25, -0.2) is 0 Å². The van der Waals surface area contributed by atoms with Crippen LogP contribution in [0.5, 0.6) is 0 Å². The molecule has 4 unspecified atom stereocenters. The molecule has 0 saturated heterocycles. The molecule has 1 aromatic carbocycles. The summed E-state index contributed by atoms with van der Waals surface area (Å²) in [7, 11) is 0. The number of hydrogen-bond donors (Lipinski definition) is 1. The third-order valence-corrected chi connectivity index (χ3v) is 15.4. The van der Waals surface area contributed by atoms with Gasteiger partial charge in [-0.15, -0.1) is 0 Å². The van der Waals surface area contributed by atoms with Crippen molar-refractivity contribution in [3.8, 4) is 0 Å². The Kier molecular flexibility index (Phi) is 7.95. The minimum atomic E-state index is -0.311. The topological polar surface area (TPSA) is 55.4 Å². The first-order valence-electron chi connectivity index (χ1n) is 17.5. The minimum Gasteiger partial charge on any atom is -0.462 e. The second-order valence-corrected chi connectivity index (χ2v) is 17.5. The van der Waals surface area contributed by atoms with Gasteiger partial charge < -0.3 is 10.1 Å². The van der Waals surface area contributed by atoms with Crippen LogP contribution < -0.4 is 5.32 Å². The summed E-state index contributed by atoms with van der Waals surface area (Å²) in [5.41, 5.74) is 2.65. The molecule has 5 aliphatic rings. The summed E-state index contributed by atoms with van der Waals surface area (Å²) in [5, 5.41) is 4.13. The molecule has 6 rings (SSSR count). The van der Waals surface area contributed by atoms with Crippen LogP contribution in [0.3, 0.4) is 0 Å². The summed E-state index contributed by atoms with van der Waals surface area (Å²) < 4.78 is 5.94. The first kappa shape index (κ1) is 32.1. The average Bonchev–Trinajstić information content (AvgIpc) is 3.36. The fraction of sp³-hybridized carbons (Fsp3) is 0.744. The summed E-state index contributed by atoms with van der Waals surface area (Å²) in [6.07, 6.45) is 11.1. The number of ether oxygens (including phenoxy) is 1. The first-order chi connectivity index (χ1) is 20.6. The van der Waals surface area contributed by atoms with Gasteiger partial charge in [0.05, 0.1) is 5.41 Å². The van der Waals surface area contributed by atoms with Crippen molar-refractivity contribution in [3.05, 3.63) is 47.0 Å². The van der Waals surface area contributed by atoms with Gasteiger partial charge in [0, 0.05) is 23.9 Å². The van der Waals surface area contributed by atoms with Gasteiger partial charge in [0.25, 0.3) is 0 Å². The molecule has 0 aliphatic heterocycles. The number of amides is 1. The summed E-state index contributed by atoms with van der Waals surface area (Å²) >= 11 is 6.12. The highest BCUT2D eigenvalue weighted by Crippen LogP contribution is 2.77. The molecule has 242 valence electrons. The number of carbonyl (C=O) groups is 2. The molecule has 0 spiro atoms. The second kappa shape index (κ2) is 10.9. The molecule has 1 N–H and O–H groups in total. The number of carbonyl (C=O) groups excluding carboxylic acids is 2. The molecule has 0 heterocycles. The lowest BCUT2D eigenvalue weighted by atomic mass is 9.32. The van der Waals surface area contributed by atoms with Crippen LogP contribution in [0.15, 0.2) is 36.4 Å². The highest BCUT2D eigenvalue weighted by Gasteiger charge is 2.72. The van der Waals surface area contributed by atoms with Gasteiger partial charge in [-0.05, 0) is 135 Å². The van der Waals surface area contributed by atoms with Crippen LogP contribution in [0, 0.1) is 56.7 Å². The van der Waals surface area contributed by atoms with Crippen LogP contribution >= 0.6 is 11.6 Å². The van der Waals surface area contributed by atoms with Crippen LogP contribution in [0.4, 0.5) is 0 Å². The third-order valence-electron chi connectivity index (χ3n) is 15.1. The van der Waals surface area contributed by atoms with E-state index in [1.54, 1.807) is 6.92 Å². The van der Waals surface area contributed by atoms with Gasteiger partial charge in [-0.1, -0.05) is 70.5 Å². The predicted molar refractivity (Wildman–Crippen MR) is 178 cm³/mol. The van der Waals surface area contributed by atoms with Crippen molar-refractivity contribution in [2.75, 3.05) is 0 Å². The van der Waals surface area contributed by atoms with Crippen LogP contribution in [0.1, 0.15) is 118 Å². The number of rotatable bonds is 5. The number of benzene rings is 1. The van der Waals surface area contributed by atoms with Crippen molar-refractivity contribution in [2.45, 2.75) is 125 Å². The van der Waals surface area contributed by atoms with Gasteiger partial charge in [0.15, 0.2) is 0 Å². The van der Waals surface area contributed by atoms with Gasteiger partial charge in [0.2, 0.25) is 5.91 Å². The van der Waals surface area contributed by atoms with E-state index in [1.165, 1.54) is 31.3 Å². The molecule has 10 atom stereocenters. The van der Waals surface area contributed by atoms with E-state index in [-0.39, 0.29) is 45.1 Å². The van der Waals surface area contributed by atoms with Crippen molar-refractivity contribution < 1.29 is 14.3 Å². The summed E-state index contributed by atoms with van der Waals surface area (Å²) in [4.78, 5) is 26.4. The Morgan fingerprint density at radius 2 is 1.57 bits per heavy atom. The zero-order valence-corrected chi connectivity index (χ0v) is 29.1. The Labute approximate surface area is 271 Å². The van der Waals surface area contributed by atoms with Gasteiger partial charge in [-0.3, -0.25) is 9.59 Å². The Balaban J connectivity index is 1.30. The maximum absolute atomic E-state index is 14.4. The Morgan fingerprint density at radius 1 is 0.864 bits per heavy atom. The number of hydrogen-bond acceptors (Lipinski definition) is 3. The fourth-order valence-corrected chi connectivity index (χ4v) is 13.0. The summed E-state index contributed by atoms with van der Waals surface area (Å²) in [6.45, 7) is 21.4. The van der Waals surface area contributed by atoms with Crippen LogP contribution in [-0.4, -0.2) is 18.0 Å². The van der Waals surface area contributed by atoms with Gasteiger partial charge >= 0.3 is 5.97 Å². The molecule has 5 saturated carbocycles. The van der Waals surface area contributed by atoms with Crippen molar-refractivity contribution in [1.82, 2.24) is 5.32 Å². The average molecular weight is 622 g/mol. The molecule has 5 aliphatic carbocycles. The minimum absolute atomic E-state index is 0.00542. The standard InChI is InChI=1S/C39H56ClNO3/c1-24(2)28-15-20-39(34(43)41-23-26-9-11-27(40)12-10-26)22-21-37(7)29(33(28)39)13-14-31-36(6)18-17-32(44-25(3)42)35(4,5)30(36)16-19-38(31,37)8/h9-12,28-33H,1,13-23H2,2-8H3,(H,41,43)/t28-,29+,30?,31?,32?,33?,36-,37+,38+,39-/m0/s1. The lowest BCUT2D eigenvalue weighted by molar-refractivity contribution is -0.248. The molecule has 5 fully saturated rings. The molecule has 44 heavy (non-hydrogen) atoms. The van der Waals surface area contributed by atoms with E-state index >= 15 is 0 Å². The number of halogens is 1. The van der Waals surface area contributed by atoms with E-state index in [9.17, 15) is 9.59 Å². The van der Waals surface area contributed by atoms with E-state index in [2.05, 4.69) is 53.4 Å². The Bertz CT molecular complexity index is 1320. The molecule has 0 aromatic heterocycles. The number of nitrogens with one attached hydrogen (secondary N) is 1. The summed E-state index contributed by atoms with van der Waals surface area (Å²) in [5.74, 6) is 2.58. The molecular weight excluding hydrogens is 566 g/mol. The van der Waals surface area contributed by atoms with Gasteiger partial charge in [-0.2, -0.15) is 0 Å². The molecule has 5 heteroatoms. The van der Waals surface area contributed by atoms with E-state index < -0.39 is 0 Å². The Hall–Kier alpha value is -1.81. The van der Waals surface area contributed by atoms with Crippen molar-refractivity contribution in [1.29, 1.82) is 0 Å². The van der Waals surface area contributed by atoms with Crippen molar-refractivity contribution >= 4 is 23.5 Å². The number of fused-ring (bicyclic) bond motifs is 7. The fourth-order valence-electron chi connectivity index (χ4n) is 12.9. The third kappa shape index (κ3) is 4.57. The SMILES string of the molecule is C=C(C)[C@@H]1CC[C@]2(C(=O)NCc3ccc(Cl)cc3)CC[C@]3(C)[C@H](CCC4[C@@]5(C)CCC(OC(C)=O)C(C)(C)C5CC[C@]43C)C12. The normalized spacial score (nSPS) is 43.9. The lowest BCUT2D eigenvalue weighted by Gasteiger charge is -2.72. The smallest absolute Gasteiger partial charge is 0.302 e. The maximum Gasteiger partial charge on any atom is 0.302 e. The highest BCUT2D eigenvalue weighted by molar-refractivity contribution is 6.30. The van der Waals surface area contributed by atoms with E-state index in [0.717, 1.165) is 49.1 Å². The predicted octanol–water partition coefficient (Wildman–Crippen LogP) is 9.55. The molecule has 1 aromatic rings.